The van der Waals surface area contributed by atoms with E-state index in [2.05, 4.69) is 52.2 Å². The summed E-state index contributed by atoms with van der Waals surface area (Å²) in [7, 11) is 0. The number of hydrogen-bond acceptors (Lipinski definition) is 3. The van der Waals surface area contributed by atoms with E-state index in [-0.39, 0.29) is 22.3 Å². The standard InChI is InChI=1S/C19H32N2O/c1-17(2,3)16(22)13-10-11-14(20-18(4,5)6)15(12-13)21-19(7,8)9/h10-12,20-21H,1-9H3. The number of rotatable bonds is 3. The molecule has 0 bridgehead atoms. The monoisotopic (exact) mass is 304 g/mol. The molecule has 0 unspecified atom stereocenters. The molecular formula is C19H32N2O. The Hall–Kier alpha value is -1.51. The number of nitrogens with one attached hydrogen (secondary N) is 2. The summed E-state index contributed by atoms with van der Waals surface area (Å²) in [6.07, 6.45) is 0. The van der Waals surface area contributed by atoms with E-state index in [1.165, 1.54) is 0 Å². The van der Waals surface area contributed by atoms with E-state index in [1.54, 1.807) is 0 Å². The number of Topliss-reactive ketones (excluding diaryl/α,β-unsaturated/α-hetero) is 1. The Kier molecular flexibility index (Phi) is 5.01. The first kappa shape index (κ1) is 18.5. The number of carbonyl (C=O) groups is 1. The maximum Gasteiger partial charge on any atom is 0.168 e. The van der Waals surface area contributed by atoms with Crippen LogP contribution in [0.5, 0.6) is 0 Å². The Bertz CT molecular complexity index is 540. The minimum Gasteiger partial charge on any atom is -0.379 e. The van der Waals surface area contributed by atoms with Crippen molar-refractivity contribution in [2.24, 2.45) is 5.41 Å². The quantitative estimate of drug-likeness (QED) is 0.741. The number of anilines is 2. The third-order valence-electron chi connectivity index (χ3n) is 2.98. The van der Waals surface area contributed by atoms with Gasteiger partial charge in [0.2, 0.25) is 0 Å². The van der Waals surface area contributed by atoms with Crippen molar-refractivity contribution in [1.82, 2.24) is 0 Å². The molecule has 0 spiro atoms. The third-order valence-corrected chi connectivity index (χ3v) is 2.98. The topological polar surface area (TPSA) is 41.1 Å². The normalized spacial score (nSPS) is 13.0. The molecule has 0 atom stereocenters. The molecule has 3 nitrogen and oxygen atoms in total. The second-order valence-corrected chi connectivity index (χ2v) is 9.09. The van der Waals surface area contributed by atoms with E-state index in [4.69, 9.17) is 0 Å². The van der Waals surface area contributed by atoms with Crippen molar-refractivity contribution in [2.45, 2.75) is 73.4 Å². The van der Waals surface area contributed by atoms with Crippen molar-refractivity contribution in [1.29, 1.82) is 0 Å². The molecule has 0 aliphatic carbocycles. The van der Waals surface area contributed by atoms with E-state index in [1.807, 2.05) is 39.0 Å². The molecule has 0 fully saturated rings. The lowest BCUT2D eigenvalue weighted by Gasteiger charge is -2.29. The Morgan fingerprint density at radius 3 is 1.64 bits per heavy atom. The zero-order valence-electron chi connectivity index (χ0n) is 15.6. The van der Waals surface area contributed by atoms with Crippen LogP contribution in [0.3, 0.4) is 0 Å². The highest BCUT2D eigenvalue weighted by atomic mass is 16.1. The van der Waals surface area contributed by atoms with Gasteiger partial charge in [0.1, 0.15) is 0 Å². The Morgan fingerprint density at radius 1 is 0.773 bits per heavy atom. The van der Waals surface area contributed by atoms with Gasteiger partial charge in [-0.15, -0.1) is 0 Å². The third kappa shape index (κ3) is 5.70. The van der Waals surface area contributed by atoms with E-state index in [9.17, 15) is 4.79 Å². The van der Waals surface area contributed by atoms with Gasteiger partial charge in [-0.1, -0.05) is 20.8 Å². The number of benzene rings is 1. The van der Waals surface area contributed by atoms with Crippen LogP contribution in [-0.4, -0.2) is 16.9 Å². The van der Waals surface area contributed by atoms with Crippen LogP contribution in [0.15, 0.2) is 18.2 Å². The second kappa shape index (κ2) is 5.94. The fourth-order valence-corrected chi connectivity index (χ4v) is 2.14. The Balaban J connectivity index is 3.28. The molecule has 0 aliphatic rings. The van der Waals surface area contributed by atoms with Crippen LogP contribution in [0.2, 0.25) is 0 Å². The highest BCUT2D eigenvalue weighted by Gasteiger charge is 2.24. The summed E-state index contributed by atoms with van der Waals surface area (Å²) >= 11 is 0. The lowest BCUT2D eigenvalue weighted by Crippen LogP contribution is -2.30. The number of carbonyl (C=O) groups excluding carboxylic acids is 1. The first-order valence-electron chi connectivity index (χ1n) is 7.94. The summed E-state index contributed by atoms with van der Waals surface area (Å²) in [5, 5.41) is 7.01. The summed E-state index contributed by atoms with van der Waals surface area (Å²) in [5.41, 5.74) is 2.25. The summed E-state index contributed by atoms with van der Waals surface area (Å²) in [6, 6.07) is 5.88. The fourth-order valence-electron chi connectivity index (χ4n) is 2.14. The number of hydrogen-bond donors (Lipinski definition) is 2. The maximum absolute atomic E-state index is 12.5. The van der Waals surface area contributed by atoms with E-state index in [0.29, 0.717) is 0 Å². The Morgan fingerprint density at radius 2 is 1.23 bits per heavy atom. The molecule has 0 saturated heterocycles. The minimum atomic E-state index is -0.377. The number of ketones is 1. The van der Waals surface area contributed by atoms with Gasteiger partial charge >= 0.3 is 0 Å². The van der Waals surface area contributed by atoms with Crippen LogP contribution in [0.1, 0.15) is 72.7 Å². The highest BCUT2D eigenvalue weighted by Crippen LogP contribution is 2.31. The van der Waals surface area contributed by atoms with Gasteiger partial charge in [0.25, 0.3) is 0 Å². The summed E-state index contributed by atoms with van der Waals surface area (Å²) < 4.78 is 0. The van der Waals surface area contributed by atoms with Crippen molar-refractivity contribution < 1.29 is 4.79 Å². The lowest BCUT2D eigenvalue weighted by molar-refractivity contribution is 0.0858. The van der Waals surface area contributed by atoms with Gasteiger partial charge in [-0.2, -0.15) is 0 Å². The van der Waals surface area contributed by atoms with Gasteiger partial charge in [-0.3, -0.25) is 4.79 Å². The SMILES string of the molecule is CC(C)(C)Nc1ccc(C(=O)C(C)(C)C)cc1NC(C)(C)C. The fraction of sp³-hybridized carbons (Fsp3) is 0.632. The largest absolute Gasteiger partial charge is 0.379 e. The molecule has 0 amide bonds. The van der Waals surface area contributed by atoms with Crippen LogP contribution >= 0.6 is 0 Å². The van der Waals surface area contributed by atoms with Crippen LogP contribution < -0.4 is 10.6 Å². The summed E-state index contributed by atoms with van der Waals surface area (Å²) in [6.45, 7) is 18.6. The predicted molar refractivity (Wildman–Crippen MR) is 97.0 cm³/mol. The van der Waals surface area contributed by atoms with Gasteiger partial charge in [-0.25, -0.2) is 0 Å². The second-order valence-electron chi connectivity index (χ2n) is 9.09. The molecule has 0 aromatic heterocycles. The van der Waals surface area contributed by atoms with E-state index < -0.39 is 0 Å². The van der Waals surface area contributed by atoms with Crippen LogP contribution in [-0.2, 0) is 0 Å². The molecule has 1 aromatic carbocycles. The van der Waals surface area contributed by atoms with Gasteiger partial charge < -0.3 is 10.6 Å². The van der Waals surface area contributed by atoms with Crippen molar-refractivity contribution in [3.63, 3.8) is 0 Å². The minimum absolute atomic E-state index is 0.0378. The van der Waals surface area contributed by atoms with Gasteiger partial charge in [0.15, 0.2) is 5.78 Å². The molecule has 0 radical (unpaired) electrons. The van der Waals surface area contributed by atoms with Crippen LogP contribution in [0, 0.1) is 5.41 Å². The molecule has 2 N–H and O–H groups in total. The molecule has 3 heteroatoms. The van der Waals surface area contributed by atoms with Crippen LogP contribution in [0.4, 0.5) is 11.4 Å². The molecule has 1 rings (SSSR count). The molecule has 22 heavy (non-hydrogen) atoms. The smallest absolute Gasteiger partial charge is 0.168 e. The highest BCUT2D eigenvalue weighted by molar-refractivity contribution is 6.01. The van der Waals surface area contributed by atoms with Crippen molar-refractivity contribution in [3.8, 4) is 0 Å². The maximum atomic E-state index is 12.5. The predicted octanol–water partition coefficient (Wildman–Crippen LogP) is 5.34. The van der Waals surface area contributed by atoms with E-state index in [0.717, 1.165) is 16.9 Å². The van der Waals surface area contributed by atoms with Gasteiger partial charge in [0.05, 0.1) is 11.4 Å². The lowest BCUT2D eigenvalue weighted by atomic mass is 9.86. The molecule has 0 aliphatic heterocycles. The molecule has 0 heterocycles. The zero-order chi connectivity index (χ0) is 17.3. The first-order chi connectivity index (χ1) is 9.69. The molecular weight excluding hydrogens is 272 g/mol. The summed E-state index contributed by atoms with van der Waals surface area (Å²) in [4.78, 5) is 12.5. The average molecular weight is 304 g/mol. The van der Waals surface area contributed by atoms with Crippen molar-refractivity contribution in [3.05, 3.63) is 23.8 Å². The zero-order valence-corrected chi connectivity index (χ0v) is 15.6. The average Bonchev–Trinajstić information content (AvgIpc) is 2.25. The Labute approximate surface area is 135 Å². The molecule has 1 aromatic rings. The summed E-state index contributed by atoms with van der Waals surface area (Å²) in [5.74, 6) is 0.159. The first-order valence-corrected chi connectivity index (χ1v) is 7.94. The van der Waals surface area contributed by atoms with Crippen molar-refractivity contribution in [2.75, 3.05) is 10.6 Å². The van der Waals surface area contributed by atoms with E-state index >= 15 is 0 Å². The van der Waals surface area contributed by atoms with Gasteiger partial charge in [0, 0.05) is 22.1 Å². The van der Waals surface area contributed by atoms with Crippen LogP contribution in [0.25, 0.3) is 0 Å². The van der Waals surface area contributed by atoms with Gasteiger partial charge in [-0.05, 0) is 59.7 Å². The van der Waals surface area contributed by atoms with Crippen molar-refractivity contribution >= 4 is 17.2 Å². The molecule has 0 saturated carbocycles. The molecule has 124 valence electrons.